The Morgan fingerprint density at radius 3 is 2.81 bits per heavy atom. The fraction of sp³-hybridized carbons (Fsp3) is 0.611. The molecule has 1 fully saturated rings. The molecule has 3 nitrogen and oxygen atoms in total. The van der Waals surface area contributed by atoms with Crippen LogP contribution in [0.3, 0.4) is 0 Å². The highest BCUT2D eigenvalue weighted by Gasteiger charge is 2.18. The van der Waals surface area contributed by atoms with Gasteiger partial charge in [-0.1, -0.05) is 38.2 Å². The van der Waals surface area contributed by atoms with Crippen molar-refractivity contribution in [1.82, 2.24) is 5.32 Å². The third-order valence-electron chi connectivity index (χ3n) is 4.20. The Bertz CT molecular complexity index is 452. The normalized spacial score (nSPS) is 17.2. The third-order valence-corrected chi connectivity index (χ3v) is 4.20. The number of hydrogen-bond acceptors (Lipinski definition) is 2. The fourth-order valence-corrected chi connectivity index (χ4v) is 3.18. The Balaban J connectivity index is 1.86. The standard InChI is InChI=1S/C18H27NO2/c1-3-21-17-11-7-10-16(13-17)18(20)19-14(2)12-15-8-5-4-6-9-15/h7,10-11,13-15H,3-6,8-9,12H2,1-2H3,(H,19,20). The molecule has 2 rings (SSSR count). The van der Waals surface area contributed by atoms with E-state index in [4.69, 9.17) is 4.74 Å². The Morgan fingerprint density at radius 1 is 1.33 bits per heavy atom. The average Bonchev–Trinajstić information content (AvgIpc) is 2.48. The summed E-state index contributed by atoms with van der Waals surface area (Å²) in [6.07, 6.45) is 7.81. The number of nitrogens with one attached hydrogen (secondary N) is 1. The van der Waals surface area contributed by atoms with Crippen LogP contribution in [0.25, 0.3) is 0 Å². The molecule has 1 atom stereocenters. The van der Waals surface area contributed by atoms with Gasteiger partial charge < -0.3 is 10.1 Å². The van der Waals surface area contributed by atoms with Crippen molar-refractivity contribution in [3.63, 3.8) is 0 Å². The summed E-state index contributed by atoms with van der Waals surface area (Å²) in [6, 6.07) is 7.63. The summed E-state index contributed by atoms with van der Waals surface area (Å²) in [5.41, 5.74) is 0.677. The molecule has 0 aliphatic heterocycles. The van der Waals surface area contributed by atoms with Crippen molar-refractivity contribution < 1.29 is 9.53 Å². The maximum Gasteiger partial charge on any atom is 0.251 e. The first kappa shape index (κ1) is 15.9. The number of carbonyl (C=O) groups excluding carboxylic acids is 1. The lowest BCUT2D eigenvalue weighted by Gasteiger charge is -2.25. The average molecular weight is 289 g/mol. The van der Waals surface area contributed by atoms with Gasteiger partial charge in [-0.2, -0.15) is 0 Å². The van der Waals surface area contributed by atoms with Crippen molar-refractivity contribution in [2.24, 2.45) is 5.92 Å². The zero-order chi connectivity index (χ0) is 15.1. The monoisotopic (exact) mass is 289 g/mol. The molecule has 0 heterocycles. The highest BCUT2D eigenvalue weighted by molar-refractivity contribution is 5.94. The lowest BCUT2D eigenvalue weighted by Crippen LogP contribution is -2.34. The first-order valence-corrected chi connectivity index (χ1v) is 8.22. The molecule has 1 unspecified atom stereocenters. The van der Waals surface area contributed by atoms with E-state index in [1.54, 1.807) is 0 Å². The molecule has 116 valence electrons. The van der Waals surface area contributed by atoms with Crippen LogP contribution < -0.4 is 10.1 Å². The summed E-state index contributed by atoms with van der Waals surface area (Å²) in [6.45, 7) is 4.67. The maximum atomic E-state index is 12.3. The van der Waals surface area contributed by atoms with Gasteiger partial charge in [0.05, 0.1) is 6.61 Å². The van der Waals surface area contributed by atoms with Crippen molar-refractivity contribution in [2.75, 3.05) is 6.61 Å². The van der Waals surface area contributed by atoms with E-state index in [0.717, 1.165) is 18.1 Å². The smallest absolute Gasteiger partial charge is 0.251 e. The fourth-order valence-electron chi connectivity index (χ4n) is 3.18. The van der Waals surface area contributed by atoms with E-state index in [-0.39, 0.29) is 11.9 Å². The van der Waals surface area contributed by atoms with Gasteiger partial charge in [-0.25, -0.2) is 0 Å². The minimum absolute atomic E-state index is 0.000127. The maximum absolute atomic E-state index is 12.3. The molecule has 1 saturated carbocycles. The molecule has 0 saturated heterocycles. The number of hydrogen-bond donors (Lipinski definition) is 1. The Hall–Kier alpha value is -1.51. The Labute approximate surface area is 128 Å². The van der Waals surface area contributed by atoms with Gasteiger partial charge in [0, 0.05) is 11.6 Å². The topological polar surface area (TPSA) is 38.3 Å². The first-order valence-electron chi connectivity index (χ1n) is 8.22. The summed E-state index contributed by atoms with van der Waals surface area (Å²) in [7, 11) is 0. The Kier molecular flexibility index (Phi) is 6.09. The van der Waals surface area contributed by atoms with Crippen LogP contribution in [-0.2, 0) is 0 Å². The van der Waals surface area contributed by atoms with Gasteiger partial charge in [-0.15, -0.1) is 0 Å². The highest BCUT2D eigenvalue weighted by Crippen LogP contribution is 2.27. The van der Waals surface area contributed by atoms with Gasteiger partial charge in [-0.3, -0.25) is 4.79 Å². The van der Waals surface area contributed by atoms with Gasteiger partial charge >= 0.3 is 0 Å². The molecule has 0 spiro atoms. The highest BCUT2D eigenvalue weighted by atomic mass is 16.5. The van der Waals surface area contributed by atoms with E-state index in [2.05, 4.69) is 12.2 Å². The molecule has 0 radical (unpaired) electrons. The van der Waals surface area contributed by atoms with Crippen LogP contribution in [0.5, 0.6) is 5.75 Å². The zero-order valence-corrected chi connectivity index (χ0v) is 13.2. The van der Waals surface area contributed by atoms with E-state index >= 15 is 0 Å². The van der Waals surface area contributed by atoms with Crippen LogP contribution in [0, 0.1) is 5.92 Å². The number of amides is 1. The minimum atomic E-state index is -0.000127. The summed E-state index contributed by atoms with van der Waals surface area (Å²) in [5, 5.41) is 3.12. The van der Waals surface area contributed by atoms with Crippen LogP contribution in [0.2, 0.25) is 0 Å². The number of carbonyl (C=O) groups is 1. The molecule has 3 heteroatoms. The van der Waals surface area contributed by atoms with Crippen molar-refractivity contribution in [3.05, 3.63) is 29.8 Å². The Morgan fingerprint density at radius 2 is 2.10 bits per heavy atom. The predicted molar refractivity (Wildman–Crippen MR) is 85.7 cm³/mol. The summed E-state index contributed by atoms with van der Waals surface area (Å²) < 4.78 is 5.44. The summed E-state index contributed by atoms with van der Waals surface area (Å²) in [4.78, 5) is 12.3. The van der Waals surface area contributed by atoms with Gasteiger partial charge in [0.1, 0.15) is 5.75 Å². The van der Waals surface area contributed by atoms with Crippen molar-refractivity contribution >= 4 is 5.91 Å². The van der Waals surface area contributed by atoms with E-state index < -0.39 is 0 Å². The molecule has 21 heavy (non-hydrogen) atoms. The molecule has 1 N–H and O–H groups in total. The van der Waals surface area contributed by atoms with Crippen LogP contribution in [0.1, 0.15) is 62.7 Å². The second kappa shape index (κ2) is 8.06. The molecule has 1 amide bonds. The molecule has 1 aliphatic carbocycles. The summed E-state index contributed by atoms with van der Waals surface area (Å²) in [5.74, 6) is 1.54. The lowest BCUT2D eigenvalue weighted by atomic mass is 9.85. The molecule has 1 aliphatic rings. The van der Waals surface area contributed by atoms with Crippen LogP contribution >= 0.6 is 0 Å². The predicted octanol–water partition coefficient (Wildman–Crippen LogP) is 4.17. The largest absolute Gasteiger partial charge is 0.494 e. The molecule has 1 aromatic carbocycles. The molecule has 1 aromatic rings. The molecule has 0 bridgehead atoms. The minimum Gasteiger partial charge on any atom is -0.494 e. The van der Waals surface area contributed by atoms with E-state index in [9.17, 15) is 4.79 Å². The second-order valence-corrected chi connectivity index (χ2v) is 6.08. The SMILES string of the molecule is CCOc1cccc(C(=O)NC(C)CC2CCCCC2)c1. The number of benzene rings is 1. The second-order valence-electron chi connectivity index (χ2n) is 6.08. The third kappa shape index (κ3) is 5.07. The lowest BCUT2D eigenvalue weighted by molar-refractivity contribution is 0.0932. The van der Waals surface area contributed by atoms with Gasteiger partial charge in [-0.05, 0) is 44.4 Å². The van der Waals surface area contributed by atoms with Crippen LogP contribution in [0.15, 0.2) is 24.3 Å². The number of rotatable bonds is 6. The van der Waals surface area contributed by atoms with Crippen molar-refractivity contribution in [3.8, 4) is 5.75 Å². The summed E-state index contributed by atoms with van der Waals surface area (Å²) >= 11 is 0. The van der Waals surface area contributed by atoms with E-state index in [0.29, 0.717) is 12.2 Å². The van der Waals surface area contributed by atoms with Crippen LogP contribution in [0.4, 0.5) is 0 Å². The van der Waals surface area contributed by atoms with Gasteiger partial charge in [0.15, 0.2) is 0 Å². The quantitative estimate of drug-likeness (QED) is 0.853. The molecule has 0 aromatic heterocycles. The molecular formula is C18H27NO2. The van der Waals surface area contributed by atoms with Gasteiger partial charge in [0.25, 0.3) is 5.91 Å². The van der Waals surface area contributed by atoms with Gasteiger partial charge in [0.2, 0.25) is 0 Å². The van der Waals surface area contributed by atoms with E-state index in [1.165, 1.54) is 32.1 Å². The zero-order valence-electron chi connectivity index (χ0n) is 13.2. The van der Waals surface area contributed by atoms with Crippen molar-refractivity contribution in [1.29, 1.82) is 0 Å². The van der Waals surface area contributed by atoms with Crippen LogP contribution in [-0.4, -0.2) is 18.6 Å². The first-order chi connectivity index (χ1) is 10.2. The van der Waals surface area contributed by atoms with E-state index in [1.807, 2.05) is 31.2 Å². The molecular weight excluding hydrogens is 262 g/mol. The number of ether oxygens (including phenoxy) is 1. The van der Waals surface area contributed by atoms with Crippen molar-refractivity contribution in [2.45, 2.75) is 58.4 Å².